The van der Waals surface area contributed by atoms with Gasteiger partial charge in [-0.05, 0) is 5.92 Å². The largest absolute Gasteiger partial charge is 0.481 e. The molecule has 0 rings (SSSR count). The van der Waals surface area contributed by atoms with Crippen LogP contribution in [0.25, 0.3) is 0 Å². The van der Waals surface area contributed by atoms with E-state index in [9.17, 15) is 4.79 Å². The number of aliphatic hydroxyl groups excluding tert-OH is 1. The maximum absolute atomic E-state index is 9.70. The number of rotatable bonds is 3. The highest BCUT2D eigenvalue weighted by atomic mass is 16.4. The molecule has 0 radical (unpaired) electrons. The molecule has 1 atom stereocenters. The van der Waals surface area contributed by atoms with E-state index in [1.807, 2.05) is 6.92 Å². The fraction of sp³-hybridized carbons (Fsp3) is 0.889. The molecular weight excluding hydrogens is 156 g/mol. The Morgan fingerprint density at radius 1 is 1.33 bits per heavy atom. The summed E-state index contributed by atoms with van der Waals surface area (Å²) in [5.74, 6) is -0.481. The van der Waals surface area contributed by atoms with Crippen molar-refractivity contribution in [2.75, 3.05) is 6.61 Å². The van der Waals surface area contributed by atoms with Gasteiger partial charge in [0.05, 0.1) is 5.92 Å². The van der Waals surface area contributed by atoms with Gasteiger partial charge >= 0.3 is 5.97 Å². The Hall–Kier alpha value is -0.570. The van der Waals surface area contributed by atoms with Gasteiger partial charge in [0.25, 0.3) is 0 Å². The molecule has 0 heterocycles. The van der Waals surface area contributed by atoms with Crippen molar-refractivity contribution in [2.45, 2.75) is 34.1 Å². The minimum absolute atomic E-state index is 0.231. The van der Waals surface area contributed by atoms with Crippen LogP contribution in [0.15, 0.2) is 0 Å². The van der Waals surface area contributed by atoms with Crippen molar-refractivity contribution < 1.29 is 15.0 Å². The van der Waals surface area contributed by atoms with Crippen molar-refractivity contribution in [3.8, 4) is 0 Å². The first-order valence-corrected chi connectivity index (χ1v) is 4.29. The second-order valence-corrected chi connectivity index (χ2v) is 3.19. The molecule has 3 heteroatoms. The Morgan fingerprint density at radius 2 is 1.67 bits per heavy atom. The Kier molecular flexibility index (Phi) is 9.93. The fourth-order valence-electron chi connectivity index (χ4n) is 0.129. The number of carbonyl (C=O) groups is 1. The van der Waals surface area contributed by atoms with Crippen LogP contribution in [0.4, 0.5) is 0 Å². The van der Waals surface area contributed by atoms with Crippen molar-refractivity contribution in [3.05, 3.63) is 0 Å². The van der Waals surface area contributed by atoms with Crippen LogP contribution in [0.3, 0.4) is 0 Å². The Bertz CT molecular complexity index is 106. The zero-order chi connectivity index (χ0) is 10.1. The summed E-state index contributed by atoms with van der Waals surface area (Å²) in [5, 5.41) is 16.3. The number of carboxylic acid groups (broad SMARTS) is 1. The van der Waals surface area contributed by atoms with Gasteiger partial charge in [0.15, 0.2) is 0 Å². The van der Waals surface area contributed by atoms with E-state index in [0.29, 0.717) is 12.5 Å². The van der Waals surface area contributed by atoms with Crippen molar-refractivity contribution in [1.29, 1.82) is 0 Å². The lowest BCUT2D eigenvalue weighted by molar-refractivity contribution is -0.140. The highest BCUT2D eigenvalue weighted by molar-refractivity contribution is 5.68. The zero-order valence-corrected chi connectivity index (χ0v) is 8.37. The van der Waals surface area contributed by atoms with Gasteiger partial charge in [-0.1, -0.05) is 34.1 Å². The Morgan fingerprint density at radius 3 is 1.67 bits per heavy atom. The third kappa shape index (κ3) is 12.1. The van der Waals surface area contributed by atoms with Gasteiger partial charge < -0.3 is 10.2 Å². The fourth-order valence-corrected chi connectivity index (χ4v) is 0.129. The van der Waals surface area contributed by atoms with Crippen molar-refractivity contribution in [1.82, 2.24) is 0 Å². The summed E-state index contributed by atoms with van der Waals surface area (Å²) in [5.41, 5.74) is 0. The van der Waals surface area contributed by atoms with E-state index in [1.54, 1.807) is 13.8 Å². The number of hydrogen-bond acceptors (Lipinski definition) is 2. The van der Waals surface area contributed by atoms with Crippen LogP contribution in [-0.2, 0) is 4.79 Å². The number of aliphatic carboxylic acids is 1. The SMILES string of the molecule is CC(C)C(=O)O.CCC(C)CO. The van der Waals surface area contributed by atoms with Crippen molar-refractivity contribution in [3.63, 3.8) is 0 Å². The summed E-state index contributed by atoms with van der Waals surface area (Å²) < 4.78 is 0. The molecule has 12 heavy (non-hydrogen) atoms. The molecule has 0 amide bonds. The second kappa shape index (κ2) is 8.53. The Balaban J connectivity index is 0. The molecule has 0 aromatic rings. The lowest BCUT2D eigenvalue weighted by Gasteiger charge is -1.98. The first-order chi connectivity index (χ1) is 5.45. The third-order valence-electron chi connectivity index (χ3n) is 1.50. The van der Waals surface area contributed by atoms with E-state index in [4.69, 9.17) is 10.2 Å². The van der Waals surface area contributed by atoms with Crippen LogP contribution < -0.4 is 0 Å². The topological polar surface area (TPSA) is 57.5 Å². The van der Waals surface area contributed by atoms with E-state index in [2.05, 4.69) is 6.92 Å². The smallest absolute Gasteiger partial charge is 0.305 e. The molecule has 0 aliphatic carbocycles. The average Bonchev–Trinajstić information content (AvgIpc) is 2.04. The van der Waals surface area contributed by atoms with Gasteiger partial charge in [-0.25, -0.2) is 0 Å². The van der Waals surface area contributed by atoms with Gasteiger partial charge in [-0.2, -0.15) is 0 Å². The van der Waals surface area contributed by atoms with E-state index in [1.165, 1.54) is 0 Å². The van der Waals surface area contributed by atoms with E-state index in [0.717, 1.165) is 6.42 Å². The molecule has 0 aliphatic rings. The minimum atomic E-state index is -0.741. The maximum atomic E-state index is 9.70. The first-order valence-electron chi connectivity index (χ1n) is 4.29. The van der Waals surface area contributed by atoms with Crippen LogP contribution >= 0.6 is 0 Å². The standard InChI is InChI=1S/C5H12O.C4H8O2/c1-3-5(2)4-6;1-3(2)4(5)6/h5-6H,3-4H2,1-2H3;3H,1-2H3,(H,5,6). The molecule has 1 unspecified atom stereocenters. The van der Waals surface area contributed by atoms with Gasteiger partial charge in [0, 0.05) is 6.61 Å². The van der Waals surface area contributed by atoms with Gasteiger partial charge in [0.1, 0.15) is 0 Å². The lowest BCUT2D eigenvalue weighted by atomic mass is 10.1. The number of carboxylic acids is 1. The monoisotopic (exact) mass is 176 g/mol. The number of hydrogen-bond donors (Lipinski definition) is 2. The molecule has 0 saturated carbocycles. The van der Waals surface area contributed by atoms with E-state index in [-0.39, 0.29) is 5.92 Å². The summed E-state index contributed by atoms with van der Waals surface area (Å²) in [7, 11) is 0. The normalized spacial score (nSPS) is 11.8. The molecule has 0 aromatic carbocycles. The molecule has 0 fully saturated rings. The highest BCUT2D eigenvalue weighted by Gasteiger charge is 1.99. The van der Waals surface area contributed by atoms with Crippen LogP contribution in [0.5, 0.6) is 0 Å². The molecule has 0 spiro atoms. The summed E-state index contributed by atoms with van der Waals surface area (Å²) in [6.07, 6.45) is 1.08. The second-order valence-electron chi connectivity index (χ2n) is 3.19. The molecule has 3 nitrogen and oxygen atoms in total. The van der Waals surface area contributed by atoms with Gasteiger partial charge in [-0.15, -0.1) is 0 Å². The summed E-state index contributed by atoms with van der Waals surface area (Å²) in [6, 6.07) is 0. The predicted molar refractivity (Wildman–Crippen MR) is 49.0 cm³/mol. The summed E-state index contributed by atoms with van der Waals surface area (Å²) in [4.78, 5) is 9.70. The average molecular weight is 176 g/mol. The number of aliphatic hydroxyl groups is 1. The highest BCUT2D eigenvalue weighted by Crippen LogP contribution is 1.95. The maximum Gasteiger partial charge on any atom is 0.305 e. The lowest BCUT2D eigenvalue weighted by Crippen LogP contribution is -2.03. The predicted octanol–water partition coefficient (Wildman–Crippen LogP) is 1.75. The van der Waals surface area contributed by atoms with E-state index < -0.39 is 5.97 Å². The molecular formula is C9H20O3. The van der Waals surface area contributed by atoms with Gasteiger partial charge in [-0.3, -0.25) is 4.79 Å². The third-order valence-corrected chi connectivity index (χ3v) is 1.50. The Labute approximate surface area is 74.4 Å². The van der Waals surface area contributed by atoms with Crippen LogP contribution in [-0.4, -0.2) is 22.8 Å². The van der Waals surface area contributed by atoms with Crippen molar-refractivity contribution >= 4 is 5.97 Å². The van der Waals surface area contributed by atoms with Crippen LogP contribution in [0.2, 0.25) is 0 Å². The molecule has 74 valence electrons. The minimum Gasteiger partial charge on any atom is -0.481 e. The quantitative estimate of drug-likeness (QED) is 0.688. The molecule has 0 aromatic heterocycles. The zero-order valence-electron chi connectivity index (χ0n) is 8.37. The molecule has 0 saturated heterocycles. The van der Waals surface area contributed by atoms with Crippen LogP contribution in [0, 0.1) is 11.8 Å². The van der Waals surface area contributed by atoms with E-state index >= 15 is 0 Å². The summed E-state index contributed by atoms with van der Waals surface area (Å²) >= 11 is 0. The first kappa shape index (κ1) is 14.0. The van der Waals surface area contributed by atoms with Crippen LogP contribution in [0.1, 0.15) is 34.1 Å². The summed E-state index contributed by atoms with van der Waals surface area (Å²) in [6.45, 7) is 7.71. The van der Waals surface area contributed by atoms with Crippen molar-refractivity contribution in [2.24, 2.45) is 11.8 Å². The molecule has 2 N–H and O–H groups in total. The van der Waals surface area contributed by atoms with Gasteiger partial charge in [0.2, 0.25) is 0 Å². The molecule has 0 bridgehead atoms. The molecule has 0 aliphatic heterocycles.